The third-order valence-corrected chi connectivity index (χ3v) is 2.58. The Morgan fingerprint density at radius 1 is 1.50 bits per heavy atom. The Morgan fingerprint density at radius 3 is 3.00 bits per heavy atom. The summed E-state index contributed by atoms with van der Waals surface area (Å²) in [6.07, 6.45) is 1.66. The van der Waals surface area contributed by atoms with Crippen molar-refractivity contribution < 1.29 is 4.39 Å². The minimum atomic E-state index is -0.306. The van der Waals surface area contributed by atoms with Gasteiger partial charge >= 0.3 is 0 Å². The highest BCUT2D eigenvalue weighted by Gasteiger charge is 2.09. The Kier molecular flexibility index (Phi) is 1.85. The first kappa shape index (κ1) is 8.08. The van der Waals surface area contributed by atoms with Crippen LogP contribution in [0, 0.1) is 5.82 Å². The summed E-state index contributed by atoms with van der Waals surface area (Å²) >= 11 is 8.93. The molecule has 0 radical (unpaired) electrons. The fourth-order valence-corrected chi connectivity index (χ4v) is 1.95. The normalized spacial score (nSPS) is 10.9. The molecule has 0 fully saturated rings. The highest BCUT2D eigenvalue weighted by atomic mass is 79.9. The van der Waals surface area contributed by atoms with E-state index in [0.717, 1.165) is 0 Å². The maximum absolute atomic E-state index is 13.3. The van der Waals surface area contributed by atoms with Crippen LogP contribution in [0.5, 0.6) is 0 Å². The predicted octanol–water partition coefficient (Wildman–Crippen LogP) is 3.72. The third kappa shape index (κ3) is 1.04. The van der Waals surface area contributed by atoms with Crippen molar-refractivity contribution in [3.63, 3.8) is 0 Å². The largest absolute Gasteiger partial charge is 0.359 e. The van der Waals surface area contributed by atoms with Crippen LogP contribution in [0.4, 0.5) is 4.39 Å². The number of rotatable bonds is 0. The van der Waals surface area contributed by atoms with E-state index in [2.05, 4.69) is 20.9 Å². The Labute approximate surface area is 81.7 Å². The number of hydrogen-bond acceptors (Lipinski definition) is 0. The quantitative estimate of drug-likeness (QED) is 0.684. The number of hydrogen-bond donors (Lipinski definition) is 1. The number of aromatic nitrogens is 1. The molecule has 1 aromatic heterocycles. The number of benzene rings is 1. The highest BCUT2D eigenvalue weighted by Crippen LogP contribution is 2.30. The lowest BCUT2D eigenvalue weighted by Gasteiger charge is -1.98. The molecule has 0 atom stereocenters. The lowest BCUT2D eigenvalue weighted by atomic mass is 10.2. The van der Waals surface area contributed by atoms with Gasteiger partial charge in [-0.2, -0.15) is 0 Å². The average molecular weight is 248 g/mol. The molecule has 1 heterocycles. The van der Waals surface area contributed by atoms with Gasteiger partial charge in [-0.25, -0.2) is 4.39 Å². The molecule has 62 valence electrons. The summed E-state index contributed by atoms with van der Waals surface area (Å²) in [7, 11) is 0. The van der Waals surface area contributed by atoms with Crippen molar-refractivity contribution in [3.05, 3.63) is 33.6 Å². The second-order valence-corrected chi connectivity index (χ2v) is 3.68. The van der Waals surface area contributed by atoms with Crippen molar-refractivity contribution in [1.82, 2.24) is 4.98 Å². The van der Waals surface area contributed by atoms with E-state index in [4.69, 9.17) is 11.6 Å². The van der Waals surface area contributed by atoms with Gasteiger partial charge in [-0.05, 0) is 28.1 Å². The van der Waals surface area contributed by atoms with Crippen LogP contribution in [0.3, 0.4) is 0 Å². The zero-order chi connectivity index (χ0) is 8.72. The minimum Gasteiger partial charge on any atom is -0.359 e. The van der Waals surface area contributed by atoms with Gasteiger partial charge in [0, 0.05) is 11.6 Å². The van der Waals surface area contributed by atoms with Gasteiger partial charge in [0.15, 0.2) is 5.82 Å². The Hall–Kier alpha value is -0.540. The number of nitrogens with one attached hydrogen (secondary N) is 1. The van der Waals surface area contributed by atoms with Crippen LogP contribution in [0.15, 0.2) is 22.8 Å². The zero-order valence-corrected chi connectivity index (χ0v) is 8.21. The molecule has 12 heavy (non-hydrogen) atoms. The van der Waals surface area contributed by atoms with Crippen LogP contribution < -0.4 is 0 Å². The second-order valence-electron chi connectivity index (χ2n) is 2.42. The summed E-state index contributed by atoms with van der Waals surface area (Å²) in [5, 5.41) is 1.25. The van der Waals surface area contributed by atoms with Crippen LogP contribution in [-0.4, -0.2) is 4.98 Å². The molecule has 1 nitrogen and oxygen atoms in total. The van der Waals surface area contributed by atoms with Crippen molar-refractivity contribution >= 4 is 38.4 Å². The maximum atomic E-state index is 13.3. The highest BCUT2D eigenvalue weighted by molar-refractivity contribution is 9.10. The average Bonchev–Trinajstić information content (AvgIpc) is 2.48. The summed E-state index contributed by atoms with van der Waals surface area (Å²) in [6, 6.07) is 3.29. The molecular formula is C8H4BrClFN. The molecule has 1 N–H and O–H groups in total. The summed E-state index contributed by atoms with van der Waals surface area (Å²) < 4.78 is 13.7. The van der Waals surface area contributed by atoms with E-state index in [1.54, 1.807) is 18.3 Å². The van der Waals surface area contributed by atoms with Crippen LogP contribution in [0.25, 0.3) is 10.9 Å². The number of fused-ring (bicyclic) bond motifs is 1. The second kappa shape index (κ2) is 2.75. The molecule has 0 unspecified atom stereocenters. The first-order chi connectivity index (χ1) is 5.70. The first-order valence-corrected chi connectivity index (χ1v) is 4.48. The van der Waals surface area contributed by atoms with E-state index < -0.39 is 0 Å². The number of aromatic amines is 1. The topological polar surface area (TPSA) is 15.8 Å². The van der Waals surface area contributed by atoms with Crippen molar-refractivity contribution in [2.45, 2.75) is 0 Å². The molecule has 0 saturated heterocycles. The first-order valence-electron chi connectivity index (χ1n) is 3.30. The van der Waals surface area contributed by atoms with Gasteiger partial charge in [-0.15, -0.1) is 0 Å². The lowest BCUT2D eigenvalue weighted by molar-refractivity contribution is 0.631. The summed E-state index contributed by atoms with van der Waals surface area (Å²) in [4.78, 5) is 2.78. The van der Waals surface area contributed by atoms with Gasteiger partial charge in [-0.1, -0.05) is 11.6 Å². The monoisotopic (exact) mass is 247 g/mol. The van der Waals surface area contributed by atoms with Gasteiger partial charge in [-0.3, -0.25) is 0 Å². The van der Waals surface area contributed by atoms with Gasteiger partial charge < -0.3 is 4.98 Å². The van der Waals surface area contributed by atoms with Crippen LogP contribution in [0.1, 0.15) is 0 Å². The maximum Gasteiger partial charge on any atom is 0.161 e. The van der Waals surface area contributed by atoms with Crippen molar-refractivity contribution in [2.24, 2.45) is 0 Å². The van der Waals surface area contributed by atoms with Gasteiger partial charge in [0.2, 0.25) is 0 Å². The molecule has 2 aromatic rings. The molecule has 0 aliphatic carbocycles. The molecule has 0 spiro atoms. The van der Waals surface area contributed by atoms with E-state index in [1.807, 2.05) is 0 Å². The van der Waals surface area contributed by atoms with E-state index in [-0.39, 0.29) is 5.82 Å². The molecule has 0 amide bonds. The van der Waals surface area contributed by atoms with E-state index in [0.29, 0.717) is 20.4 Å². The summed E-state index contributed by atoms with van der Waals surface area (Å²) in [5.74, 6) is -0.306. The molecule has 0 bridgehead atoms. The Morgan fingerprint density at radius 2 is 2.25 bits per heavy atom. The number of halogens is 3. The SMILES string of the molecule is Fc1c(Br)cc(Cl)c2cc[nH]c12. The van der Waals surface area contributed by atoms with Crippen LogP contribution in [-0.2, 0) is 0 Å². The molecule has 4 heteroatoms. The van der Waals surface area contributed by atoms with Crippen LogP contribution >= 0.6 is 27.5 Å². The minimum absolute atomic E-state index is 0.306. The fourth-order valence-electron chi connectivity index (χ4n) is 1.12. The van der Waals surface area contributed by atoms with Crippen LogP contribution in [0.2, 0.25) is 5.02 Å². The summed E-state index contributed by atoms with van der Waals surface area (Å²) in [5.41, 5.74) is 0.439. The van der Waals surface area contributed by atoms with Gasteiger partial charge in [0.1, 0.15) is 0 Å². The molecule has 0 saturated carbocycles. The summed E-state index contributed by atoms with van der Waals surface area (Å²) in [6.45, 7) is 0. The van der Waals surface area contributed by atoms with E-state index >= 15 is 0 Å². The third-order valence-electron chi connectivity index (χ3n) is 1.69. The molecule has 0 aliphatic rings. The van der Waals surface area contributed by atoms with E-state index in [9.17, 15) is 4.39 Å². The number of H-pyrrole nitrogens is 1. The molecular weight excluding hydrogens is 244 g/mol. The van der Waals surface area contributed by atoms with E-state index in [1.165, 1.54) is 0 Å². The molecule has 0 aliphatic heterocycles. The van der Waals surface area contributed by atoms with Gasteiger partial charge in [0.25, 0.3) is 0 Å². The molecule has 1 aromatic carbocycles. The Bertz CT molecular complexity index is 438. The van der Waals surface area contributed by atoms with Crippen molar-refractivity contribution in [1.29, 1.82) is 0 Å². The zero-order valence-electron chi connectivity index (χ0n) is 5.87. The standard InChI is InChI=1S/C8H4BrClFN/c9-5-3-6(10)4-1-2-12-8(4)7(5)11/h1-3,12H. The van der Waals surface area contributed by atoms with Crippen molar-refractivity contribution in [3.8, 4) is 0 Å². The molecule has 2 rings (SSSR count). The van der Waals surface area contributed by atoms with Crippen molar-refractivity contribution in [2.75, 3.05) is 0 Å². The smallest absolute Gasteiger partial charge is 0.161 e. The Balaban J connectivity index is 2.97. The fraction of sp³-hybridized carbons (Fsp3) is 0. The van der Waals surface area contributed by atoms with Gasteiger partial charge in [0.05, 0.1) is 15.0 Å². The lowest BCUT2D eigenvalue weighted by Crippen LogP contribution is -1.80. The predicted molar refractivity (Wildman–Crippen MR) is 51.0 cm³/mol.